The standard InChI is InChI=1S/C25H19I2NO4/c1-15-6-3-4-9-19(15)24-28-21(25(29)32-24)12-17-11-20(27)23(22(13-17)30-2)31-14-16-7-5-8-18(26)10-16/h3-13H,14H2,1-2H3/b21-12-. The maximum absolute atomic E-state index is 12.4. The number of hydrogen-bond acceptors (Lipinski definition) is 5. The van der Waals surface area contributed by atoms with E-state index < -0.39 is 5.97 Å². The van der Waals surface area contributed by atoms with Gasteiger partial charge in [-0.15, -0.1) is 0 Å². The van der Waals surface area contributed by atoms with Gasteiger partial charge < -0.3 is 14.2 Å². The molecule has 1 aliphatic rings. The molecule has 1 heterocycles. The van der Waals surface area contributed by atoms with Crippen LogP contribution in [0.2, 0.25) is 0 Å². The third kappa shape index (κ3) is 5.15. The van der Waals surface area contributed by atoms with Crippen molar-refractivity contribution in [3.63, 3.8) is 0 Å². The Morgan fingerprint density at radius 3 is 2.62 bits per heavy atom. The third-order valence-electron chi connectivity index (χ3n) is 4.82. The first-order valence-electron chi connectivity index (χ1n) is 9.78. The highest BCUT2D eigenvalue weighted by Gasteiger charge is 2.25. The number of ether oxygens (including phenoxy) is 3. The Labute approximate surface area is 213 Å². The largest absolute Gasteiger partial charge is 0.493 e. The van der Waals surface area contributed by atoms with E-state index in [0.717, 1.165) is 29.4 Å². The van der Waals surface area contributed by atoms with E-state index in [0.29, 0.717) is 24.0 Å². The Kier molecular flexibility index (Phi) is 7.14. The molecule has 0 saturated carbocycles. The van der Waals surface area contributed by atoms with Gasteiger partial charge in [0.2, 0.25) is 5.90 Å². The Morgan fingerprint density at radius 2 is 1.88 bits per heavy atom. The number of halogens is 2. The molecule has 3 aromatic rings. The van der Waals surface area contributed by atoms with Gasteiger partial charge in [-0.1, -0.05) is 30.3 Å². The van der Waals surface area contributed by atoms with E-state index in [9.17, 15) is 4.79 Å². The van der Waals surface area contributed by atoms with E-state index in [1.165, 1.54) is 0 Å². The Hall–Kier alpha value is -2.40. The molecule has 32 heavy (non-hydrogen) atoms. The zero-order valence-corrected chi connectivity index (χ0v) is 21.7. The number of nitrogens with zero attached hydrogens (tertiary/aromatic N) is 1. The molecule has 0 aromatic heterocycles. The predicted octanol–water partition coefficient (Wildman–Crippen LogP) is 6.14. The fourth-order valence-electron chi connectivity index (χ4n) is 3.24. The highest BCUT2D eigenvalue weighted by atomic mass is 127. The average molecular weight is 651 g/mol. The van der Waals surface area contributed by atoms with Gasteiger partial charge in [-0.25, -0.2) is 9.79 Å². The summed E-state index contributed by atoms with van der Waals surface area (Å²) in [5, 5.41) is 0. The number of cyclic esters (lactones) is 1. The van der Waals surface area contributed by atoms with E-state index >= 15 is 0 Å². The van der Waals surface area contributed by atoms with Crippen molar-refractivity contribution in [2.24, 2.45) is 4.99 Å². The summed E-state index contributed by atoms with van der Waals surface area (Å²) in [6, 6.07) is 19.6. The van der Waals surface area contributed by atoms with Crippen molar-refractivity contribution in [2.75, 3.05) is 7.11 Å². The second-order valence-electron chi connectivity index (χ2n) is 7.10. The molecule has 0 fully saturated rings. The summed E-state index contributed by atoms with van der Waals surface area (Å²) in [7, 11) is 1.60. The molecule has 1 aliphatic heterocycles. The van der Waals surface area contributed by atoms with E-state index in [1.807, 2.05) is 61.5 Å². The van der Waals surface area contributed by atoms with Crippen molar-refractivity contribution in [1.82, 2.24) is 0 Å². The number of aliphatic imine (C=N–C) groups is 1. The van der Waals surface area contributed by atoms with Crippen LogP contribution in [0.1, 0.15) is 22.3 Å². The molecule has 162 valence electrons. The summed E-state index contributed by atoms with van der Waals surface area (Å²) < 4.78 is 19.1. The van der Waals surface area contributed by atoms with Crippen LogP contribution in [0.4, 0.5) is 0 Å². The van der Waals surface area contributed by atoms with Crippen molar-refractivity contribution in [1.29, 1.82) is 0 Å². The Balaban J connectivity index is 1.60. The van der Waals surface area contributed by atoms with Crippen LogP contribution in [0.5, 0.6) is 11.5 Å². The van der Waals surface area contributed by atoms with Gasteiger partial charge in [0.1, 0.15) is 6.61 Å². The fraction of sp³-hybridized carbons (Fsp3) is 0.120. The molecule has 4 rings (SSSR count). The van der Waals surface area contributed by atoms with Crippen LogP contribution >= 0.6 is 45.2 Å². The van der Waals surface area contributed by atoms with Crippen LogP contribution in [0, 0.1) is 14.1 Å². The second kappa shape index (κ2) is 10.0. The molecule has 0 aliphatic carbocycles. The molecule has 3 aromatic carbocycles. The fourth-order valence-corrected chi connectivity index (χ4v) is 4.63. The van der Waals surface area contributed by atoms with Gasteiger partial charge in [0.15, 0.2) is 17.2 Å². The quantitative estimate of drug-likeness (QED) is 0.183. The molecule has 0 atom stereocenters. The van der Waals surface area contributed by atoms with Crippen LogP contribution in [0.15, 0.2) is 71.4 Å². The van der Waals surface area contributed by atoms with E-state index in [4.69, 9.17) is 14.2 Å². The molecule has 0 bridgehead atoms. The lowest BCUT2D eigenvalue weighted by atomic mass is 10.1. The lowest BCUT2D eigenvalue weighted by molar-refractivity contribution is -0.129. The van der Waals surface area contributed by atoms with Gasteiger partial charge in [0.25, 0.3) is 0 Å². The van der Waals surface area contributed by atoms with Gasteiger partial charge >= 0.3 is 5.97 Å². The molecule has 0 amide bonds. The maximum atomic E-state index is 12.4. The van der Waals surface area contributed by atoms with Crippen molar-refractivity contribution >= 4 is 63.1 Å². The molecule has 0 saturated heterocycles. The first-order valence-corrected chi connectivity index (χ1v) is 11.9. The zero-order valence-electron chi connectivity index (χ0n) is 17.4. The lowest BCUT2D eigenvalue weighted by Crippen LogP contribution is -2.06. The summed E-state index contributed by atoms with van der Waals surface area (Å²) in [5.74, 6) is 1.09. The highest BCUT2D eigenvalue weighted by Crippen LogP contribution is 2.35. The van der Waals surface area contributed by atoms with Crippen LogP contribution in [-0.4, -0.2) is 19.0 Å². The highest BCUT2D eigenvalue weighted by molar-refractivity contribution is 14.1. The minimum Gasteiger partial charge on any atom is -0.493 e. The summed E-state index contributed by atoms with van der Waals surface area (Å²) in [6.45, 7) is 2.38. The van der Waals surface area contributed by atoms with Gasteiger partial charge in [-0.2, -0.15) is 0 Å². The molecular formula is C25H19I2NO4. The van der Waals surface area contributed by atoms with E-state index in [2.05, 4.69) is 56.2 Å². The lowest BCUT2D eigenvalue weighted by Gasteiger charge is -2.14. The molecule has 0 unspecified atom stereocenters. The maximum Gasteiger partial charge on any atom is 0.363 e. The number of aryl methyl sites for hydroxylation is 1. The topological polar surface area (TPSA) is 57.1 Å². The van der Waals surface area contributed by atoms with Gasteiger partial charge in [-0.3, -0.25) is 0 Å². The number of benzene rings is 3. The van der Waals surface area contributed by atoms with Crippen molar-refractivity contribution in [3.8, 4) is 11.5 Å². The smallest absolute Gasteiger partial charge is 0.363 e. The SMILES string of the molecule is COc1cc(/C=C2\N=C(c3ccccc3C)OC2=O)cc(I)c1OCc1cccc(I)c1. The first-order chi connectivity index (χ1) is 15.4. The first kappa shape index (κ1) is 22.8. The van der Waals surface area contributed by atoms with Crippen LogP contribution in [0.3, 0.4) is 0 Å². The summed E-state index contributed by atoms with van der Waals surface area (Å²) in [4.78, 5) is 16.8. The third-order valence-corrected chi connectivity index (χ3v) is 6.30. The summed E-state index contributed by atoms with van der Waals surface area (Å²) >= 11 is 4.49. The minimum absolute atomic E-state index is 0.244. The van der Waals surface area contributed by atoms with Crippen molar-refractivity contribution < 1.29 is 19.0 Å². The molecule has 7 heteroatoms. The van der Waals surface area contributed by atoms with E-state index in [1.54, 1.807) is 13.2 Å². The minimum atomic E-state index is -0.476. The van der Waals surface area contributed by atoms with Gasteiger partial charge in [-0.05, 0) is 105 Å². The molecule has 0 N–H and O–H groups in total. The summed E-state index contributed by atoms with van der Waals surface area (Å²) in [6.07, 6.45) is 1.70. The van der Waals surface area contributed by atoms with Crippen LogP contribution in [-0.2, 0) is 16.1 Å². The Bertz CT molecular complexity index is 1250. The van der Waals surface area contributed by atoms with Crippen molar-refractivity contribution in [2.45, 2.75) is 13.5 Å². The number of methoxy groups -OCH3 is 1. The normalized spacial score (nSPS) is 14.3. The van der Waals surface area contributed by atoms with E-state index in [-0.39, 0.29) is 5.70 Å². The number of esters is 1. The number of hydrogen-bond donors (Lipinski definition) is 0. The number of rotatable bonds is 6. The molecular weight excluding hydrogens is 632 g/mol. The number of carbonyl (C=O) groups excluding carboxylic acids is 1. The van der Waals surface area contributed by atoms with Gasteiger partial charge in [0.05, 0.1) is 10.7 Å². The predicted molar refractivity (Wildman–Crippen MR) is 141 cm³/mol. The monoisotopic (exact) mass is 651 g/mol. The number of carbonyl (C=O) groups is 1. The van der Waals surface area contributed by atoms with Crippen molar-refractivity contribution in [3.05, 3.63) is 95.8 Å². The van der Waals surface area contributed by atoms with Crippen LogP contribution in [0.25, 0.3) is 6.08 Å². The second-order valence-corrected chi connectivity index (χ2v) is 9.51. The molecule has 5 nitrogen and oxygen atoms in total. The average Bonchev–Trinajstić information content (AvgIpc) is 3.13. The van der Waals surface area contributed by atoms with Crippen LogP contribution < -0.4 is 9.47 Å². The summed E-state index contributed by atoms with van der Waals surface area (Å²) in [5.41, 5.74) is 3.89. The zero-order chi connectivity index (χ0) is 22.7. The molecule has 0 spiro atoms. The Morgan fingerprint density at radius 1 is 1.06 bits per heavy atom. The molecule has 0 radical (unpaired) electrons. The van der Waals surface area contributed by atoms with Gasteiger partial charge in [0, 0.05) is 9.13 Å².